The first-order valence-electron chi connectivity index (χ1n) is 10.4. The van der Waals surface area contributed by atoms with Gasteiger partial charge in [-0.3, -0.25) is 9.36 Å². The molecule has 1 amide bonds. The van der Waals surface area contributed by atoms with Crippen molar-refractivity contribution >= 4 is 17.7 Å². The monoisotopic (exact) mass is 422 g/mol. The van der Waals surface area contributed by atoms with E-state index in [1.165, 1.54) is 17.8 Å². The molecule has 154 valence electrons. The summed E-state index contributed by atoms with van der Waals surface area (Å²) in [6, 6.07) is 17.4. The van der Waals surface area contributed by atoms with Crippen molar-refractivity contribution in [2.45, 2.75) is 49.5 Å². The molecule has 7 heteroatoms. The minimum Gasteiger partial charge on any atom is -0.335 e. The fourth-order valence-corrected chi connectivity index (χ4v) is 4.55. The van der Waals surface area contributed by atoms with Crippen LogP contribution in [0, 0.1) is 5.82 Å². The molecule has 5 rings (SSSR count). The Bertz CT molecular complexity index is 1050. The summed E-state index contributed by atoms with van der Waals surface area (Å²) in [7, 11) is 0. The van der Waals surface area contributed by atoms with E-state index in [2.05, 4.69) is 22.3 Å². The summed E-state index contributed by atoms with van der Waals surface area (Å²) >= 11 is 1.40. The Kier molecular flexibility index (Phi) is 5.29. The van der Waals surface area contributed by atoms with Crippen molar-refractivity contribution in [2.24, 2.45) is 0 Å². The molecular weight excluding hydrogens is 399 g/mol. The first kappa shape index (κ1) is 19.3. The molecule has 0 bridgehead atoms. The number of thioether (sulfide) groups is 1. The number of nitrogens with zero attached hydrogens (tertiary/aromatic N) is 4. The molecule has 30 heavy (non-hydrogen) atoms. The molecule has 0 radical (unpaired) electrons. The highest BCUT2D eigenvalue weighted by Gasteiger charge is 2.34. The number of rotatable bonds is 8. The fourth-order valence-electron chi connectivity index (χ4n) is 3.66. The van der Waals surface area contributed by atoms with Gasteiger partial charge < -0.3 is 4.90 Å². The molecule has 2 aliphatic rings. The van der Waals surface area contributed by atoms with Gasteiger partial charge in [-0.05, 0) is 43.4 Å². The van der Waals surface area contributed by atoms with Crippen LogP contribution in [0.2, 0.25) is 0 Å². The van der Waals surface area contributed by atoms with Crippen molar-refractivity contribution in [3.63, 3.8) is 0 Å². The number of aromatic nitrogens is 3. The number of hydrogen-bond acceptors (Lipinski definition) is 4. The van der Waals surface area contributed by atoms with E-state index in [4.69, 9.17) is 0 Å². The number of halogens is 1. The van der Waals surface area contributed by atoms with Crippen LogP contribution in [0.1, 0.15) is 37.3 Å². The second-order valence-corrected chi connectivity index (χ2v) is 8.86. The maximum Gasteiger partial charge on any atom is 0.233 e. The van der Waals surface area contributed by atoms with Gasteiger partial charge >= 0.3 is 0 Å². The van der Waals surface area contributed by atoms with Crippen molar-refractivity contribution in [3.8, 4) is 11.4 Å². The summed E-state index contributed by atoms with van der Waals surface area (Å²) in [6.45, 7) is 0.640. The first-order chi connectivity index (χ1) is 14.7. The van der Waals surface area contributed by atoms with Gasteiger partial charge in [0.15, 0.2) is 11.0 Å². The third-order valence-corrected chi connectivity index (χ3v) is 6.45. The lowest BCUT2D eigenvalue weighted by Crippen LogP contribution is -2.34. The average Bonchev–Trinajstić information content (AvgIpc) is 3.70. The molecule has 0 N–H and O–H groups in total. The van der Waals surface area contributed by atoms with E-state index in [-0.39, 0.29) is 17.8 Å². The highest BCUT2D eigenvalue weighted by atomic mass is 32.2. The summed E-state index contributed by atoms with van der Waals surface area (Å²) in [5.74, 6) is 0.672. The Morgan fingerprint density at radius 1 is 1.03 bits per heavy atom. The van der Waals surface area contributed by atoms with E-state index >= 15 is 0 Å². The lowest BCUT2D eigenvalue weighted by Gasteiger charge is -2.22. The van der Waals surface area contributed by atoms with Gasteiger partial charge in [0, 0.05) is 18.6 Å². The summed E-state index contributed by atoms with van der Waals surface area (Å²) in [5, 5.41) is 9.28. The number of carbonyl (C=O) groups excluding carboxylic acids is 1. The zero-order valence-corrected chi connectivity index (χ0v) is 17.4. The Hall–Kier alpha value is -2.67. The minimum atomic E-state index is -0.304. The summed E-state index contributed by atoms with van der Waals surface area (Å²) in [5.41, 5.74) is 1.60. The van der Waals surface area contributed by atoms with Crippen LogP contribution in [-0.4, -0.2) is 37.4 Å². The summed E-state index contributed by atoms with van der Waals surface area (Å²) in [4.78, 5) is 15.0. The van der Waals surface area contributed by atoms with Crippen molar-refractivity contribution < 1.29 is 9.18 Å². The van der Waals surface area contributed by atoms with Crippen molar-refractivity contribution in [2.75, 3.05) is 5.75 Å². The smallest absolute Gasteiger partial charge is 0.233 e. The lowest BCUT2D eigenvalue weighted by molar-refractivity contribution is -0.129. The van der Waals surface area contributed by atoms with E-state index in [1.54, 1.807) is 18.2 Å². The number of amides is 1. The Morgan fingerprint density at radius 3 is 2.47 bits per heavy atom. The molecular formula is C23H23FN4OS. The van der Waals surface area contributed by atoms with E-state index in [9.17, 15) is 9.18 Å². The largest absolute Gasteiger partial charge is 0.335 e. The number of benzene rings is 2. The molecule has 2 aromatic carbocycles. The van der Waals surface area contributed by atoms with Crippen LogP contribution in [0.4, 0.5) is 4.39 Å². The van der Waals surface area contributed by atoms with Gasteiger partial charge in [-0.2, -0.15) is 0 Å². The van der Waals surface area contributed by atoms with Crippen LogP contribution < -0.4 is 0 Å². The van der Waals surface area contributed by atoms with Crippen LogP contribution >= 0.6 is 11.8 Å². The molecule has 5 nitrogen and oxygen atoms in total. The SMILES string of the molecule is O=C(CSc1nnc(-c2ccccc2F)n1C1CC1)N(Cc1ccccc1)C1CC1. The predicted octanol–water partition coefficient (Wildman–Crippen LogP) is 4.70. The van der Waals surface area contributed by atoms with Gasteiger partial charge in [0.1, 0.15) is 5.82 Å². The summed E-state index contributed by atoms with van der Waals surface area (Å²) < 4.78 is 16.3. The van der Waals surface area contributed by atoms with E-state index in [0.717, 1.165) is 31.2 Å². The van der Waals surface area contributed by atoms with Gasteiger partial charge in [-0.25, -0.2) is 4.39 Å². The van der Waals surface area contributed by atoms with Crippen molar-refractivity contribution in [1.29, 1.82) is 0 Å². The van der Waals surface area contributed by atoms with Gasteiger partial charge in [-0.1, -0.05) is 54.2 Å². The van der Waals surface area contributed by atoms with E-state index in [1.807, 2.05) is 27.7 Å². The Morgan fingerprint density at radius 2 is 1.77 bits per heavy atom. The normalized spacial score (nSPS) is 15.9. The Labute approximate surface area is 179 Å². The second-order valence-electron chi connectivity index (χ2n) is 7.91. The van der Waals surface area contributed by atoms with Crippen molar-refractivity contribution in [1.82, 2.24) is 19.7 Å². The maximum atomic E-state index is 14.3. The molecule has 2 aliphatic carbocycles. The molecule has 2 saturated carbocycles. The highest BCUT2D eigenvalue weighted by Crippen LogP contribution is 2.41. The molecule has 3 aromatic rings. The quantitative estimate of drug-likeness (QED) is 0.494. The predicted molar refractivity (Wildman–Crippen MR) is 114 cm³/mol. The zero-order valence-electron chi connectivity index (χ0n) is 16.6. The van der Waals surface area contributed by atoms with Crippen molar-refractivity contribution in [3.05, 3.63) is 66.0 Å². The average molecular weight is 423 g/mol. The van der Waals surface area contributed by atoms with Gasteiger partial charge in [0.05, 0.1) is 11.3 Å². The summed E-state index contributed by atoms with van der Waals surface area (Å²) in [6.07, 6.45) is 4.20. The fraction of sp³-hybridized carbons (Fsp3) is 0.348. The maximum absolute atomic E-state index is 14.3. The highest BCUT2D eigenvalue weighted by molar-refractivity contribution is 7.99. The third kappa shape index (κ3) is 4.12. The molecule has 1 aromatic heterocycles. The molecule has 0 unspecified atom stereocenters. The van der Waals surface area contributed by atoms with E-state index in [0.29, 0.717) is 34.9 Å². The van der Waals surface area contributed by atoms with Crippen LogP contribution in [-0.2, 0) is 11.3 Å². The van der Waals surface area contributed by atoms with Gasteiger partial charge in [0.2, 0.25) is 5.91 Å². The molecule has 0 aliphatic heterocycles. The standard InChI is InChI=1S/C23H23FN4OS/c24-20-9-5-4-8-19(20)22-25-26-23(28(22)18-12-13-18)30-15-21(29)27(17-10-11-17)14-16-6-2-1-3-7-16/h1-9,17-18H,10-15H2. The van der Waals surface area contributed by atoms with E-state index < -0.39 is 0 Å². The second kappa shape index (κ2) is 8.22. The minimum absolute atomic E-state index is 0.115. The zero-order chi connectivity index (χ0) is 20.5. The van der Waals surface area contributed by atoms with Crippen LogP contribution in [0.3, 0.4) is 0 Å². The molecule has 2 fully saturated rings. The topological polar surface area (TPSA) is 51.0 Å². The van der Waals surface area contributed by atoms with Crippen LogP contribution in [0.15, 0.2) is 59.8 Å². The lowest BCUT2D eigenvalue weighted by atomic mass is 10.2. The molecule has 0 spiro atoms. The van der Waals surface area contributed by atoms with Gasteiger partial charge in [0.25, 0.3) is 0 Å². The first-order valence-corrected chi connectivity index (χ1v) is 11.4. The van der Waals surface area contributed by atoms with Gasteiger partial charge in [-0.15, -0.1) is 10.2 Å². The van der Waals surface area contributed by atoms with Crippen LogP contribution in [0.25, 0.3) is 11.4 Å². The molecule has 1 heterocycles. The molecule has 0 saturated heterocycles. The van der Waals surface area contributed by atoms with Crippen LogP contribution in [0.5, 0.6) is 0 Å². The third-order valence-electron chi connectivity index (χ3n) is 5.52. The molecule has 0 atom stereocenters. The Balaban J connectivity index is 1.32. The number of carbonyl (C=O) groups is 1. The number of hydrogen-bond donors (Lipinski definition) is 0.